The molecule has 0 aromatic carbocycles. The van der Waals surface area contributed by atoms with Crippen LogP contribution in [0.15, 0.2) is 0 Å². The van der Waals surface area contributed by atoms with Crippen LogP contribution in [0.4, 0.5) is 0 Å². The van der Waals surface area contributed by atoms with E-state index in [9.17, 15) is 0 Å². The molecule has 0 nitrogen and oxygen atoms in total. The zero-order valence-electron chi connectivity index (χ0n) is 2.28. The van der Waals surface area contributed by atoms with E-state index in [4.69, 9.17) is 0 Å². The van der Waals surface area contributed by atoms with Gasteiger partial charge in [-0.25, -0.2) is 0 Å². The standard InChI is InChI=1S/Ba.Ce.In.Zr. The Hall–Kier alpha value is 4.70. The van der Waals surface area contributed by atoms with Crippen molar-refractivity contribution in [2.75, 3.05) is 0 Å². The van der Waals surface area contributed by atoms with Gasteiger partial charge in [-0.15, -0.1) is 0 Å². The molecule has 0 aliphatic heterocycles. The van der Waals surface area contributed by atoms with Crippen molar-refractivity contribution >= 4 is 74.7 Å². The topological polar surface area (TPSA) is 0 Å². The second-order valence-corrected chi connectivity index (χ2v) is 0. The van der Waals surface area contributed by atoms with Crippen LogP contribution < -0.4 is 0 Å². The van der Waals surface area contributed by atoms with Gasteiger partial charge in [-0.05, 0) is 0 Å². The van der Waals surface area contributed by atoms with Crippen LogP contribution in [0, 0.1) is 41.7 Å². The van der Waals surface area contributed by atoms with Crippen molar-refractivity contribution in [3.63, 3.8) is 0 Å². The molecular weight excluding hydrogens is 483 g/mol. The molecule has 0 bridgehead atoms. The van der Waals surface area contributed by atoms with E-state index in [1.165, 1.54) is 0 Å². The maximum absolute atomic E-state index is 0. The Morgan fingerprint density at radius 2 is 1.00 bits per heavy atom. The molecule has 0 saturated carbocycles. The average molecular weight is 483 g/mol. The van der Waals surface area contributed by atoms with Gasteiger partial charge in [0, 0.05) is 143 Å². The largest absolute Gasteiger partial charge is 0 e. The molecule has 13 valence electrons. The third-order valence-corrected chi connectivity index (χ3v) is 0. The van der Waals surface area contributed by atoms with E-state index in [-0.39, 0.29) is 143 Å². The van der Waals surface area contributed by atoms with Gasteiger partial charge in [0.2, 0.25) is 0 Å². The molecule has 4 heavy (non-hydrogen) atoms. The monoisotopic (exact) mass is 483 g/mol. The van der Waals surface area contributed by atoms with Gasteiger partial charge < -0.3 is 0 Å². The predicted octanol–water partition coefficient (Wildman–Crippen LogP) is -0.764. The molecule has 0 aromatic rings. The SMILES string of the molecule is [Ba].[Ce].[In].[Zr]. The van der Waals surface area contributed by atoms with Gasteiger partial charge in [0.05, 0.1) is 0 Å². The van der Waals surface area contributed by atoms with Crippen LogP contribution in [0.1, 0.15) is 0 Å². The predicted molar refractivity (Wildman–Crippen MR) is 11.5 cm³/mol. The second kappa shape index (κ2) is 15.6. The molecule has 0 aliphatic carbocycles. The van der Waals surface area contributed by atoms with Gasteiger partial charge >= 0.3 is 0 Å². The summed E-state index contributed by atoms with van der Waals surface area (Å²) in [5.41, 5.74) is 0. The van der Waals surface area contributed by atoms with Crippen molar-refractivity contribution < 1.29 is 68.0 Å². The van der Waals surface area contributed by atoms with Gasteiger partial charge in [0.15, 0.2) is 0 Å². The van der Waals surface area contributed by atoms with Crippen molar-refractivity contribution in [3.05, 3.63) is 0 Å². The fourth-order valence-electron chi connectivity index (χ4n) is 0. The first-order valence-electron chi connectivity index (χ1n) is 0. The molecule has 0 fully saturated rings. The Morgan fingerprint density at radius 1 is 1.00 bits per heavy atom. The van der Waals surface area contributed by atoms with Gasteiger partial charge in [0.1, 0.15) is 0 Å². The Balaban J connectivity index is 0. The van der Waals surface area contributed by atoms with Crippen molar-refractivity contribution in [1.82, 2.24) is 0 Å². The van der Waals surface area contributed by atoms with Crippen molar-refractivity contribution in [2.45, 2.75) is 0 Å². The summed E-state index contributed by atoms with van der Waals surface area (Å²) in [4.78, 5) is 0. The van der Waals surface area contributed by atoms with E-state index in [2.05, 4.69) is 0 Å². The molecule has 0 amide bonds. The summed E-state index contributed by atoms with van der Waals surface area (Å²) >= 11 is 0. The van der Waals surface area contributed by atoms with Crippen LogP contribution in [0.5, 0.6) is 0 Å². The molecule has 0 aromatic heterocycles. The zero-order chi connectivity index (χ0) is 0. The Kier molecular flexibility index (Phi) is 91.3. The molecule has 4 heteroatoms. The van der Waals surface area contributed by atoms with Crippen LogP contribution in [0.3, 0.4) is 0 Å². The molecule has 0 saturated heterocycles. The minimum Gasteiger partial charge on any atom is 0 e. The first-order chi connectivity index (χ1) is 0. The Labute approximate surface area is 138 Å². The third-order valence-electron chi connectivity index (χ3n) is 0. The molecular formula is BaCeInZr. The molecule has 0 aliphatic rings. The molecule has 5 radical (unpaired) electrons. The van der Waals surface area contributed by atoms with Crippen LogP contribution in [-0.2, 0) is 26.2 Å². The number of hydrogen-bond acceptors (Lipinski definition) is 0. The van der Waals surface area contributed by atoms with Crippen molar-refractivity contribution in [3.8, 4) is 0 Å². The average Bonchev–Trinajstić information content (AvgIpc) is 0. The normalized spacial score (nSPS) is 0. The van der Waals surface area contributed by atoms with Crippen molar-refractivity contribution in [2.24, 2.45) is 0 Å². The number of hydrogen-bond donors (Lipinski definition) is 0. The quantitative estimate of drug-likeness (QED) is 0.398. The second-order valence-electron chi connectivity index (χ2n) is 0. The fraction of sp³-hybridized carbons (Fsp3) is 0. The smallest absolute Gasteiger partial charge is 0 e. The molecule has 0 heterocycles. The maximum Gasteiger partial charge on any atom is 0 e. The number of rotatable bonds is 0. The van der Waals surface area contributed by atoms with E-state index in [0.29, 0.717) is 0 Å². The summed E-state index contributed by atoms with van der Waals surface area (Å²) in [7, 11) is 0. The van der Waals surface area contributed by atoms with Gasteiger partial charge in [-0.2, -0.15) is 0 Å². The van der Waals surface area contributed by atoms with Crippen LogP contribution in [0.2, 0.25) is 0 Å². The third kappa shape index (κ3) is 9.86. The summed E-state index contributed by atoms with van der Waals surface area (Å²) in [5.74, 6) is 0. The summed E-state index contributed by atoms with van der Waals surface area (Å²) in [6, 6.07) is 0. The molecule has 0 unspecified atom stereocenters. The molecule has 0 rings (SSSR count). The van der Waals surface area contributed by atoms with Crippen LogP contribution in [-0.4, -0.2) is 74.7 Å². The van der Waals surface area contributed by atoms with E-state index >= 15 is 0 Å². The van der Waals surface area contributed by atoms with E-state index in [0.717, 1.165) is 0 Å². The summed E-state index contributed by atoms with van der Waals surface area (Å²) < 4.78 is 0. The van der Waals surface area contributed by atoms with E-state index < -0.39 is 0 Å². The van der Waals surface area contributed by atoms with Gasteiger partial charge in [-0.3, -0.25) is 0 Å². The minimum absolute atomic E-state index is 0. The summed E-state index contributed by atoms with van der Waals surface area (Å²) in [6.07, 6.45) is 0. The first-order valence-corrected chi connectivity index (χ1v) is 0. The zero-order valence-corrected chi connectivity index (χ0v) is 15.6. The van der Waals surface area contributed by atoms with Gasteiger partial charge in [-0.1, -0.05) is 0 Å². The van der Waals surface area contributed by atoms with Crippen LogP contribution >= 0.6 is 0 Å². The van der Waals surface area contributed by atoms with Crippen LogP contribution in [0.25, 0.3) is 0 Å². The summed E-state index contributed by atoms with van der Waals surface area (Å²) in [5, 5.41) is 0. The summed E-state index contributed by atoms with van der Waals surface area (Å²) in [6.45, 7) is 0. The minimum atomic E-state index is 0. The maximum atomic E-state index is 0. The molecule has 0 spiro atoms. The fourth-order valence-corrected chi connectivity index (χ4v) is 0. The van der Waals surface area contributed by atoms with Gasteiger partial charge in [0.25, 0.3) is 0 Å². The van der Waals surface area contributed by atoms with E-state index in [1.54, 1.807) is 0 Å². The Morgan fingerprint density at radius 3 is 1.00 bits per heavy atom. The first kappa shape index (κ1) is 23.3. The van der Waals surface area contributed by atoms with E-state index in [1.807, 2.05) is 0 Å². The molecule has 0 atom stereocenters. The Bertz CT molecular complexity index is 8.00. The van der Waals surface area contributed by atoms with Crippen molar-refractivity contribution in [1.29, 1.82) is 0 Å². The molecule has 0 N–H and O–H groups in total.